The largest absolute Gasteiger partial charge is 0.465 e. The van der Waals surface area contributed by atoms with Crippen LogP contribution < -0.4 is 0 Å². The number of hydrogen-bond donors (Lipinski definition) is 0. The second kappa shape index (κ2) is 8.26. The number of fused-ring (bicyclic) bond motifs is 1. The van der Waals surface area contributed by atoms with Crippen LogP contribution in [0.15, 0.2) is 53.1 Å². The van der Waals surface area contributed by atoms with Gasteiger partial charge in [-0.05, 0) is 24.1 Å². The first-order valence-corrected chi connectivity index (χ1v) is 9.49. The molecule has 1 aliphatic rings. The fourth-order valence-corrected chi connectivity index (χ4v) is 3.35. The number of ether oxygens (including phenoxy) is 1. The molecule has 0 bridgehead atoms. The summed E-state index contributed by atoms with van der Waals surface area (Å²) in [4.78, 5) is 34.7. The molecule has 7 nitrogen and oxygen atoms in total. The maximum Gasteiger partial charge on any atom is 0.339 e. The van der Waals surface area contributed by atoms with E-state index in [0.717, 1.165) is 24.3 Å². The summed E-state index contributed by atoms with van der Waals surface area (Å²) < 4.78 is 10.5. The number of oxazole rings is 1. The number of esters is 1. The Morgan fingerprint density at radius 2 is 1.97 bits per heavy atom. The number of methoxy groups -OCH3 is 1. The third-order valence-corrected chi connectivity index (χ3v) is 4.93. The topological polar surface area (TPSA) is 85.5 Å². The zero-order chi connectivity index (χ0) is 20.2. The first-order chi connectivity index (χ1) is 14.1. The van der Waals surface area contributed by atoms with E-state index in [1.165, 1.54) is 24.9 Å². The Bertz CT molecular complexity index is 1010. The molecular formula is C22H21N3O4. The fourth-order valence-electron chi connectivity index (χ4n) is 3.35. The van der Waals surface area contributed by atoms with Gasteiger partial charge in [-0.15, -0.1) is 0 Å². The van der Waals surface area contributed by atoms with E-state index in [1.54, 1.807) is 11.0 Å². The highest BCUT2D eigenvalue weighted by atomic mass is 16.5. The van der Waals surface area contributed by atoms with Crippen LogP contribution in [0.25, 0.3) is 0 Å². The van der Waals surface area contributed by atoms with Crippen LogP contribution in [0.5, 0.6) is 0 Å². The molecule has 0 radical (unpaired) electrons. The van der Waals surface area contributed by atoms with Crippen molar-refractivity contribution < 1.29 is 18.7 Å². The van der Waals surface area contributed by atoms with Gasteiger partial charge in [0.15, 0.2) is 5.89 Å². The monoisotopic (exact) mass is 391 g/mol. The molecular weight excluding hydrogens is 370 g/mol. The molecule has 148 valence electrons. The van der Waals surface area contributed by atoms with Gasteiger partial charge in [0.2, 0.25) is 0 Å². The molecule has 0 fully saturated rings. The minimum absolute atomic E-state index is 0.194. The van der Waals surface area contributed by atoms with Crippen molar-refractivity contribution >= 4 is 11.9 Å². The molecule has 0 unspecified atom stereocenters. The van der Waals surface area contributed by atoms with E-state index in [2.05, 4.69) is 26.8 Å². The quantitative estimate of drug-likeness (QED) is 0.622. The summed E-state index contributed by atoms with van der Waals surface area (Å²) >= 11 is 0. The van der Waals surface area contributed by atoms with Crippen molar-refractivity contribution in [1.29, 1.82) is 0 Å². The Morgan fingerprint density at radius 1 is 1.14 bits per heavy atom. The molecule has 0 atom stereocenters. The van der Waals surface area contributed by atoms with E-state index in [0.29, 0.717) is 31.0 Å². The molecule has 0 N–H and O–H groups in total. The second-order valence-corrected chi connectivity index (χ2v) is 6.86. The molecule has 0 aliphatic carbocycles. The molecule has 7 heteroatoms. The lowest BCUT2D eigenvalue weighted by Gasteiger charge is -2.24. The molecule has 3 heterocycles. The van der Waals surface area contributed by atoms with E-state index in [9.17, 15) is 9.59 Å². The first-order valence-electron chi connectivity index (χ1n) is 9.49. The number of hydrogen-bond acceptors (Lipinski definition) is 6. The number of benzene rings is 1. The minimum Gasteiger partial charge on any atom is -0.465 e. The number of rotatable bonds is 5. The number of amides is 1. The highest BCUT2D eigenvalue weighted by molar-refractivity contribution is 5.94. The molecule has 0 saturated heterocycles. The number of carbonyl (C=O) groups is 2. The van der Waals surface area contributed by atoms with Crippen molar-refractivity contribution in [3.05, 3.63) is 82.8 Å². The van der Waals surface area contributed by atoms with Crippen LogP contribution >= 0.6 is 0 Å². The lowest BCUT2D eigenvalue weighted by Crippen LogP contribution is -2.36. The van der Waals surface area contributed by atoms with Crippen LogP contribution in [0.3, 0.4) is 0 Å². The molecule has 1 amide bonds. The highest BCUT2D eigenvalue weighted by Gasteiger charge is 2.26. The Labute approximate surface area is 168 Å². The lowest BCUT2D eigenvalue weighted by molar-refractivity contribution is 0.0598. The third kappa shape index (κ3) is 4.18. The Kier molecular flexibility index (Phi) is 5.37. The van der Waals surface area contributed by atoms with Gasteiger partial charge in [-0.3, -0.25) is 9.78 Å². The van der Waals surface area contributed by atoms with Gasteiger partial charge in [0, 0.05) is 25.6 Å². The molecule has 0 spiro atoms. The van der Waals surface area contributed by atoms with Crippen molar-refractivity contribution in [3.63, 3.8) is 0 Å². The minimum atomic E-state index is -0.482. The fraction of sp³-hybridized carbons (Fsp3) is 0.273. The van der Waals surface area contributed by atoms with Gasteiger partial charge in [0.1, 0.15) is 17.1 Å². The smallest absolute Gasteiger partial charge is 0.339 e. The average molecular weight is 391 g/mol. The molecule has 0 saturated carbocycles. The van der Waals surface area contributed by atoms with Crippen molar-refractivity contribution in [3.8, 4) is 0 Å². The summed E-state index contributed by atoms with van der Waals surface area (Å²) in [5.74, 6) is 0.880. The molecule has 3 aromatic rings. The van der Waals surface area contributed by atoms with Crippen LogP contribution in [0.1, 0.15) is 43.8 Å². The standard InChI is InChI=1S/C22H21N3O4/c1-28-22(27)16-8-9-17(23-13-16)21(26)25-12-11-19-18(14-25)24-20(29-19)10-7-15-5-3-2-4-6-15/h2-6,8-9,13H,7,10-12,14H2,1H3. The summed E-state index contributed by atoms with van der Waals surface area (Å²) in [5, 5.41) is 0. The van der Waals surface area contributed by atoms with Gasteiger partial charge >= 0.3 is 5.97 Å². The van der Waals surface area contributed by atoms with Gasteiger partial charge in [-0.2, -0.15) is 0 Å². The van der Waals surface area contributed by atoms with Gasteiger partial charge in [-0.1, -0.05) is 30.3 Å². The lowest BCUT2D eigenvalue weighted by atomic mass is 10.1. The van der Waals surface area contributed by atoms with Gasteiger partial charge < -0.3 is 14.1 Å². The summed E-state index contributed by atoms with van der Waals surface area (Å²) in [6.45, 7) is 0.934. The summed E-state index contributed by atoms with van der Waals surface area (Å²) in [6.07, 6.45) is 3.56. The first kappa shape index (κ1) is 18.9. The number of pyridine rings is 1. The highest BCUT2D eigenvalue weighted by Crippen LogP contribution is 2.22. The Hall–Kier alpha value is -3.48. The van der Waals surface area contributed by atoms with Gasteiger partial charge in [0.25, 0.3) is 5.91 Å². The van der Waals surface area contributed by atoms with Crippen molar-refractivity contribution in [2.75, 3.05) is 13.7 Å². The number of carbonyl (C=O) groups excluding carboxylic acids is 2. The Morgan fingerprint density at radius 3 is 2.69 bits per heavy atom. The summed E-state index contributed by atoms with van der Waals surface area (Å²) in [5.41, 5.74) is 2.64. The van der Waals surface area contributed by atoms with E-state index < -0.39 is 5.97 Å². The van der Waals surface area contributed by atoms with E-state index in [4.69, 9.17) is 4.42 Å². The normalized spacial score (nSPS) is 13.1. The van der Waals surface area contributed by atoms with Crippen LogP contribution in [-0.2, 0) is 30.5 Å². The zero-order valence-electron chi connectivity index (χ0n) is 16.1. The maximum atomic E-state index is 12.8. The number of aromatic nitrogens is 2. The summed E-state index contributed by atoms with van der Waals surface area (Å²) in [6, 6.07) is 13.3. The molecule has 1 aliphatic heterocycles. The second-order valence-electron chi connectivity index (χ2n) is 6.86. The van der Waals surface area contributed by atoms with Crippen LogP contribution in [0.2, 0.25) is 0 Å². The maximum absolute atomic E-state index is 12.8. The number of nitrogens with zero attached hydrogens (tertiary/aromatic N) is 3. The average Bonchev–Trinajstić information content (AvgIpc) is 3.19. The molecule has 29 heavy (non-hydrogen) atoms. The van der Waals surface area contributed by atoms with Gasteiger partial charge in [-0.25, -0.2) is 9.78 Å². The Balaban J connectivity index is 1.41. The number of aryl methyl sites for hydroxylation is 2. The van der Waals surface area contributed by atoms with Crippen molar-refractivity contribution in [1.82, 2.24) is 14.9 Å². The van der Waals surface area contributed by atoms with E-state index in [1.807, 2.05) is 18.2 Å². The molecule has 4 rings (SSSR count). The third-order valence-electron chi connectivity index (χ3n) is 4.93. The predicted octanol–water partition coefficient (Wildman–Crippen LogP) is 2.84. The SMILES string of the molecule is COC(=O)c1ccc(C(=O)N2CCc3oc(CCc4ccccc4)nc3C2)nc1. The van der Waals surface area contributed by atoms with Crippen molar-refractivity contribution in [2.45, 2.75) is 25.8 Å². The van der Waals surface area contributed by atoms with Crippen LogP contribution in [0.4, 0.5) is 0 Å². The van der Waals surface area contributed by atoms with E-state index in [-0.39, 0.29) is 11.6 Å². The van der Waals surface area contributed by atoms with Crippen LogP contribution in [0, 0.1) is 0 Å². The molecule has 1 aromatic carbocycles. The summed E-state index contributed by atoms with van der Waals surface area (Å²) in [7, 11) is 1.30. The predicted molar refractivity (Wildman–Crippen MR) is 104 cm³/mol. The van der Waals surface area contributed by atoms with Gasteiger partial charge in [0.05, 0.1) is 19.2 Å². The van der Waals surface area contributed by atoms with Crippen molar-refractivity contribution in [2.24, 2.45) is 0 Å². The zero-order valence-corrected chi connectivity index (χ0v) is 16.1. The van der Waals surface area contributed by atoms with Crippen LogP contribution in [-0.4, -0.2) is 40.4 Å². The molecule has 2 aromatic heterocycles. The van der Waals surface area contributed by atoms with E-state index >= 15 is 0 Å².